The number of thiol groups is 1. The van der Waals surface area contributed by atoms with Crippen LogP contribution in [0.2, 0.25) is 0 Å². The molecule has 27 unspecified atom stereocenters. The van der Waals surface area contributed by atoms with Crippen LogP contribution in [0.4, 0.5) is 39.3 Å². The summed E-state index contributed by atoms with van der Waals surface area (Å²) in [6.45, 7) is -12.2. The number of nitrogens with one attached hydrogen (secondary N) is 3. The lowest BCUT2D eigenvalue weighted by molar-refractivity contribution is -0.0514. The molecule has 132 heavy (non-hydrogen) atoms. The number of alkyl halides is 1. The number of fused-ring (bicyclic) bond motifs is 12. The fourth-order valence-electron chi connectivity index (χ4n) is 15.8. The third-order valence-electron chi connectivity index (χ3n) is 21.8. The van der Waals surface area contributed by atoms with Gasteiger partial charge < -0.3 is 103 Å². The highest BCUT2D eigenvalue weighted by atomic mass is 32.7. The Balaban J connectivity index is 0.000000128. The van der Waals surface area contributed by atoms with Crippen LogP contribution in [-0.4, -0.2) is 327 Å². The predicted octanol–water partition coefficient (Wildman–Crippen LogP) is -6.72. The maximum Gasteiger partial charge on any atom is 0.472 e. The lowest BCUT2D eigenvalue weighted by atomic mass is 10.1. The van der Waals surface area contributed by atoms with E-state index in [0.29, 0.717) is 0 Å². The molecule has 0 radical (unpaired) electrons. The zero-order chi connectivity index (χ0) is 92.9. The van der Waals surface area contributed by atoms with Gasteiger partial charge in [-0.2, -0.15) is 39.4 Å². The Morgan fingerprint density at radius 3 is 0.932 bits per heavy atom. The summed E-state index contributed by atoms with van der Waals surface area (Å²) in [6.07, 6.45) is -20.9. The topological polar surface area (TPSA) is 870 Å². The zero-order valence-electron chi connectivity index (χ0n) is 66.0. The number of hydrogen-bond acceptors (Lipinski definition) is 53. The van der Waals surface area contributed by atoms with E-state index in [4.69, 9.17) is 114 Å². The van der Waals surface area contributed by atoms with Crippen molar-refractivity contribution in [3.8, 4) is 0 Å². The van der Waals surface area contributed by atoms with Gasteiger partial charge in [0.25, 0.3) is 0 Å². The molecule has 0 aliphatic carbocycles. The maximum absolute atomic E-state index is 15.8. The lowest BCUT2D eigenvalue weighted by Gasteiger charge is -2.28. The van der Waals surface area contributed by atoms with Crippen LogP contribution in [0.1, 0.15) is 37.4 Å². The van der Waals surface area contributed by atoms with Crippen LogP contribution in [0, 0.1) is 0 Å². The summed E-state index contributed by atoms with van der Waals surface area (Å²) in [5.41, 5.74) is 37.3. The summed E-state index contributed by atoms with van der Waals surface area (Å²) in [6, 6.07) is 0. The van der Waals surface area contributed by atoms with Gasteiger partial charge in [-0.05, 0) is 11.8 Å². The Morgan fingerprint density at radius 2 is 0.606 bits per heavy atom. The molecule has 72 heteroatoms. The molecule has 9 saturated heterocycles. The second-order valence-corrected chi connectivity index (χ2v) is 41.1. The first-order valence-corrected chi connectivity index (χ1v) is 49.3. The molecule has 63 nitrogen and oxygen atoms in total. The minimum Gasteiger partial charge on any atom is -0.386 e. The first-order chi connectivity index (χ1) is 62.8. The maximum atomic E-state index is 15.8. The number of nitrogens with zero attached hydrogens (tertiary/aromatic N) is 24. The largest absolute Gasteiger partial charge is 0.472 e. The number of halogens is 1. The number of anilines is 6. The molecule has 0 bridgehead atoms. The molecular weight excluding hydrogens is 1940 g/mol. The van der Waals surface area contributed by atoms with E-state index in [2.05, 4.69) is 116 Å². The van der Waals surface area contributed by atoms with E-state index in [1.807, 2.05) is 0 Å². The van der Waals surface area contributed by atoms with Crippen LogP contribution >= 0.6 is 33.6 Å². The van der Waals surface area contributed by atoms with Gasteiger partial charge in [0, 0.05) is 19.6 Å². The Morgan fingerprint density at radius 1 is 0.356 bits per heavy atom. The summed E-state index contributed by atoms with van der Waals surface area (Å²) in [4.78, 5) is 93.9. The van der Waals surface area contributed by atoms with Gasteiger partial charge in [0.05, 0.1) is 57.8 Å². The fraction of sp³-hybridized carbons (Fsp3) is 0.500. The first-order valence-electron chi connectivity index (χ1n) is 38.3. The van der Waals surface area contributed by atoms with Crippen molar-refractivity contribution in [1.82, 2.24) is 131 Å². The van der Waals surface area contributed by atoms with E-state index in [0.717, 1.165) is 23.5 Å². The van der Waals surface area contributed by atoms with E-state index in [9.17, 15) is 69.7 Å². The number of aromatic nitrogens is 24. The van der Waals surface area contributed by atoms with Crippen molar-refractivity contribution in [3.05, 3.63) is 75.9 Å². The Labute approximate surface area is 745 Å². The molecule has 12 aromatic rings. The molecule has 708 valence electrons. The van der Waals surface area contributed by atoms with E-state index in [1.165, 1.54) is 79.8 Å². The summed E-state index contributed by atoms with van der Waals surface area (Å²) in [5, 5.41) is 55.9. The second kappa shape index (κ2) is 34.9. The third kappa shape index (κ3) is 17.3. The highest BCUT2D eigenvalue weighted by Gasteiger charge is 2.58. The van der Waals surface area contributed by atoms with Gasteiger partial charge in [0.15, 0.2) is 112 Å². The molecule has 12 aromatic heterocycles. The molecule has 27 atom stereocenters. The number of phosphoric ester groups is 1. The molecule has 0 aromatic carbocycles. The molecular formula is C60H71FN33O30P3S5. The average molecular weight is 2010 g/mol. The van der Waals surface area contributed by atoms with E-state index < -0.39 is 239 Å². The lowest BCUT2D eigenvalue weighted by Crippen LogP contribution is -2.46. The number of imidazole rings is 6. The number of nitrogens with two attached hydrogens (primary N) is 6. The number of ether oxygens (including phenoxy) is 6. The van der Waals surface area contributed by atoms with Crippen molar-refractivity contribution in [2.24, 2.45) is 0 Å². The first kappa shape index (κ1) is 91.5. The van der Waals surface area contributed by atoms with Gasteiger partial charge in [0.1, 0.15) is 175 Å². The number of phosphoric acid groups is 1. The van der Waals surface area contributed by atoms with Crippen molar-refractivity contribution >= 4 is 178 Å². The van der Waals surface area contributed by atoms with Crippen molar-refractivity contribution in [3.63, 3.8) is 0 Å². The summed E-state index contributed by atoms with van der Waals surface area (Å²) in [7, 11) is -19.0. The number of aliphatic hydroxyl groups excluding tert-OH is 5. The molecule has 9 fully saturated rings. The van der Waals surface area contributed by atoms with E-state index in [1.54, 1.807) is 0 Å². The highest BCUT2D eigenvalue weighted by Crippen LogP contribution is 2.58. The second-order valence-electron chi connectivity index (χ2n) is 29.9. The van der Waals surface area contributed by atoms with Crippen LogP contribution in [0.5, 0.6) is 0 Å². The molecule has 22 N–H and O–H groups in total. The number of aliphatic hydroxyl groups is 5. The summed E-state index contributed by atoms with van der Waals surface area (Å²) >= 11 is 9.26. The fourth-order valence-corrected chi connectivity index (χ4v) is 22.6. The van der Waals surface area contributed by atoms with Crippen molar-refractivity contribution < 1.29 is 142 Å². The predicted molar refractivity (Wildman–Crippen MR) is 438 cm³/mol. The SMILES string of the molecule is Nc1ncnc2c1ncn2C1OC2CNS(=O)(=O)OC3C(COP(=O)(O)OC2C1O)OC(n1cnc2c(N)ncnc21)C3F.Nc1ncnc2c1ncn2C1OC2CNS(=O)(=O)OC3C(COP(=O)(S)OC2C1O)OC(n1cnc2c(N)ncnc21)C3O.Nc1ncnc2c1ncn2C1OC2CNS(=O)(=O)OC3C(COP(O)(=S)OC2C1O)OC(n1cnc2c(N)ncnc21)C3O. The smallest absolute Gasteiger partial charge is 0.386 e. The van der Waals surface area contributed by atoms with Gasteiger partial charge in [-0.15, -0.1) is 0 Å². The van der Waals surface area contributed by atoms with Gasteiger partial charge in [0.2, 0.25) is 0 Å². The van der Waals surface area contributed by atoms with Crippen molar-refractivity contribution in [2.75, 3.05) is 73.9 Å². The van der Waals surface area contributed by atoms with Gasteiger partial charge in [-0.25, -0.2) is 116 Å². The van der Waals surface area contributed by atoms with Gasteiger partial charge in [-0.1, -0.05) is 12.2 Å². The van der Waals surface area contributed by atoms with E-state index >= 15 is 4.39 Å². The molecule has 9 aliphatic rings. The van der Waals surface area contributed by atoms with Crippen LogP contribution in [0.25, 0.3) is 67.0 Å². The Bertz CT molecular complexity index is 6330. The van der Waals surface area contributed by atoms with Crippen LogP contribution in [0.3, 0.4) is 0 Å². The van der Waals surface area contributed by atoms with E-state index in [-0.39, 0.29) is 102 Å². The summed E-state index contributed by atoms with van der Waals surface area (Å²) in [5.74, 6) is 0.370. The minimum absolute atomic E-state index is 0.00852. The van der Waals surface area contributed by atoms with Crippen molar-refractivity contribution in [2.45, 2.75) is 147 Å². The van der Waals surface area contributed by atoms with Crippen LogP contribution in [0.15, 0.2) is 75.9 Å². The Kier molecular flexibility index (Phi) is 24.2. The summed E-state index contributed by atoms with van der Waals surface area (Å²) < 4.78 is 218. The molecule has 0 spiro atoms. The minimum atomic E-state index is -5.03. The quantitative estimate of drug-likeness (QED) is 0.0543. The number of rotatable bonds is 6. The molecule has 9 aliphatic heterocycles. The van der Waals surface area contributed by atoms with Crippen LogP contribution in [-0.2, 0) is 120 Å². The van der Waals surface area contributed by atoms with Gasteiger partial charge in [-0.3, -0.25) is 50.0 Å². The molecule has 21 heterocycles. The molecule has 0 saturated carbocycles. The number of hydrogen-bond donors (Lipinski definition) is 17. The molecule has 21 rings (SSSR count). The van der Waals surface area contributed by atoms with Gasteiger partial charge >= 0.3 is 52.3 Å². The average Bonchev–Trinajstić information content (AvgIpc) is 1.63. The monoisotopic (exact) mass is 2010 g/mol. The Hall–Kier alpha value is -9.66. The normalized spacial score (nSPS) is 36.1. The highest BCUT2D eigenvalue weighted by molar-refractivity contribution is 8.44. The number of nitrogen functional groups attached to an aromatic ring is 6. The van der Waals surface area contributed by atoms with Crippen LogP contribution < -0.4 is 48.6 Å². The molecule has 0 amide bonds. The standard InChI is InChI=1S/C20H23FN11O10PS.2C20H24N11O10PS2/c21-9-13-8(40-19(9)31-5-28-10-15(22)24-3-26-17(10)31)2-38-43(34,35)41-14-7(1-30-44(36,37)42-13)39-20(12(14)33)32-6-29-11-16(23)25-4-27-18(11)32;2*21-15-9-17(25-3-23-15)30(5-27-9)19-11(32)13-7(38-19)1-29-44(35,36)41-14-8(2-37-42(34,43)40-13)39-20(12(14)33)31-6-28-10-16(22)24-4-26-18(10)31/h3-9,12-14,19-20,30,33H,1-2H2,(H,34,35)(H2,22,24,26)(H2,23,25,27);2*3-8,11-14,19-20,29,32-33H,1-2H2,(H,34,43)(H2,21,23,25)(H2,22,24,26). The van der Waals surface area contributed by atoms with Crippen molar-refractivity contribution in [1.29, 1.82) is 0 Å². The third-order valence-corrected chi connectivity index (χ3v) is 29.0. The zero-order valence-corrected chi connectivity index (χ0v) is 72.9.